The molecule has 0 unspecified atom stereocenters. The van der Waals surface area contributed by atoms with Crippen molar-refractivity contribution < 1.29 is 61.9 Å². The number of hydrogen-bond acceptors (Lipinski definition) is 13. The molecule has 0 aromatic rings. The summed E-state index contributed by atoms with van der Waals surface area (Å²) < 4.78 is 38.5. The monoisotopic (exact) mass is 587 g/mol. The van der Waals surface area contributed by atoms with Crippen molar-refractivity contribution in [3.8, 4) is 0 Å². The third kappa shape index (κ3) is 9.12. The van der Waals surface area contributed by atoms with Gasteiger partial charge in [-0.05, 0) is 6.42 Å². The summed E-state index contributed by atoms with van der Waals surface area (Å²) in [4.78, 5) is 75.1. The SMILES string of the molecule is CCCCCCCCO[C@@]1(C(=O)OC)C[C@@H]2OC(=O)N(C(C)=O)[C@H]2[C@H]([C@H](OC(C)=O)[C@@H](COC(C)=O)OC(C)=O)O1. The van der Waals surface area contributed by atoms with Gasteiger partial charge in [-0.2, -0.15) is 0 Å². The van der Waals surface area contributed by atoms with E-state index in [4.69, 9.17) is 33.2 Å². The van der Waals surface area contributed by atoms with Crippen LogP contribution in [-0.4, -0.2) is 97.3 Å². The third-order valence-electron chi connectivity index (χ3n) is 6.69. The van der Waals surface area contributed by atoms with Crippen molar-refractivity contribution in [3.05, 3.63) is 0 Å². The molecule has 0 aromatic heterocycles. The highest BCUT2D eigenvalue weighted by Gasteiger charge is 2.64. The Hall–Kier alpha value is -3.26. The fraction of sp³-hybridized carbons (Fsp3) is 0.778. The highest BCUT2D eigenvalue weighted by Crippen LogP contribution is 2.42. The summed E-state index contributed by atoms with van der Waals surface area (Å²) >= 11 is 0. The molecular weight excluding hydrogens is 546 g/mol. The predicted octanol–water partition coefficient (Wildman–Crippen LogP) is 2.18. The van der Waals surface area contributed by atoms with Gasteiger partial charge in [0.05, 0.1) is 20.1 Å². The van der Waals surface area contributed by atoms with Crippen molar-refractivity contribution in [2.45, 2.75) is 116 Å². The second-order valence-corrected chi connectivity index (χ2v) is 9.97. The molecule has 2 saturated heterocycles. The van der Waals surface area contributed by atoms with Crippen molar-refractivity contribution in [3.63, 3.8) is 0 Å². The first-order valence-electron chi connectivity index (χ1n) is 13.7. The van der Waals surface area contributed by atoms with Gasteiger partial charge in [-0.25, -0.2) is 14.5 Å². The molecule has 2 aliphatic heterocycles. The van der Waals surface area contributed by atoms with Gasteiger partial charge in [-0.1, -0.05) is 39.0 Å². The Kier molecular flexibility index (Phi) is 13.0. The zero-order chi connectivity index (χ0) is 30.7. The maximum absolute atomic E-state index is 13.2. The van der Waals surface area contributed by atoms with Gasteiger partial charge >= 0.3 is 30.0 Å². The van der Waals surface area contributed by atoms with Crippen LogP contribution in [0.3, 0.4) is 0 Å². The number of methoxy groups -OCH3 is 1. The lowest BCUT2D eigenvalue weighted by molar-refractivity contribution is -0.311. The van der Waals surface area contributed by atoms with Crippen molar-refractivity contribution in [1.82, 2.24) is 4.90 Å². The zero-order valence-electron chi connectivity index (χ0n) is 24.5. The lowest BCUT2D eigenvalue weighted by Gasteiger charge is -2.46. The molecule has 0 aliphatic carbocycles. The minimum absolute atomic E-state index is 0.0781. The van der Waals surface area contributed by atoms with Crippen molar-refractivity contribution in [1.29, 1.82) is 0 Å². The average Bonchev–Trinajstić information content (AvgIpc) is 3.23. The second-order valence-electron chi connectivity index (χ2n) is 9.97. The van der Waals surface area contributed by atoms with E-state index in [1.54, 1.807) is 0 Å². The van der Waals surface area contributed by atoms with E-state index in [0.717, 1.165) is 71.8 Å². The fourth-order valence-electron chi connectivity index (χ4n) is 4.98. The van der Waals surface area contributed by atoms with Crippen LogP contribution in [0.1, 0.15) is 79.6 Å². The molecule has 0 aromatic carbocycles. The standard InChI is InChI=1S/C27H41NO13/c1-7-8-9-10-11-12-13-37-27(25(33)35-6)14-20-22(28(16(2)29)26(34)40-20)24(41-27)23(39-19(5)32)21(38-18(4)31)15-36-17(3)30/h20-24H,7-15H2,1-6H3/t20-,21+,22+,23+,24+,27-/m0/s1. The number of imide groups is 1. The molecule has 2 fully saturated rings. The predicted molar refractivity (Wildman–Crippen MR) is 138 cm³/mol. The topological polar surface area (TPSA) is 170 Å². The van der Waals surface area contributed by atoms with E-state index < -0.39 is 78.7 Å². The molecule has 14 nitrogen and oxygen atoms in total. The highest BCUT2D eigenvalue weighted by molar-refractivity contribution is 5.93. The van der Waals surface area contributed by atoms with Crippen molar-refractivity contribution in [2.75, 3.05) is 20.3 Å². The third-order valence-corrected chi connectivity index (χ3v) is 6.69. The molecule has 0 bridgehead atoms. The van der Waals surface area contributed by atoms with Crippen LogP contribution in [0, 0.1) is 0 Å². The number of carbonyl (C=O) groups is 6. The second kappa shape index (κ2) is 15.7. The van der Waals surface area contributed by atoms with Gasteiger partial charge in [-0.3, -0.25) is 19.2 Å². The number of rotatable bonds is 15. The maximum atomic E-state index is 13.2. The molecule has 2 aliphatic rings. The average molecular weight is 588 g/mol. The van der Waals surface area contributed by atoms with Gasteiger partial charge in [0.15, 0.2) is 12.2 Å². The lowest BCUT2D eigenvalue weighted by Crippen LogP contribution is -2.67. The first-order valence-corrected chi connectivity index (χ1v) is 13.7. The van der Waals surface area contributed by atoms with Crippen LogP contribution in [0.15, 0.2) is 0 Å². The van der Waals surface area contributed by atoms with Crippen LogP contribution in [-0.2, 0) is 57.1 Å². The number of amides is 2. The Morgan fingerprint density at radius 1 is 0.951 bits per heavy atom. The van der Waals surface area contributed by atoms with Gasteiger partial charge in [0.2, 0.25) is 5.91 Å². The Labute approximate surface area is 239 Å². The number of ether oxygens (including phenoxy) is 7. The molecule has 0 saturated carbocycles. The summed E-state index contributed by atoms with van der Waals surface area (Å²) in [6.07, 6.45) is -1.44. The van der Waals surface area contributed by atoms with Crippen LogP contribution in [0.4, 0.5) is 4.79 Å². The van der Waals surface area contributed by atoms with E-state index >= 15 is 0 Å². The molecule has 0 spiro atoms. The number of carbonyl (C=O) groups excluding carboxylic acids is 6. The van der Waals surface area contributed by atoms with Gasteiger partial charge < -0.3 is 33.2 Å². The Morgan fingerprint density at radius 3 is 2.15 bits per heavy atom. The first-order chi connectivity index (χ1) is 19.4. The largest absolute Gasteiger partial charge is 0.465 e. The fourth-order valence-corrected chi connectivity index (χ4v) is 4.98. The molecule has 6 atom stereocenters. The van der Waals surface area contributed by atoms with Crippen molar-refractivity contribution in [2.24, 2.45) is 0 Å². The van der Waals surface area contributed by atoms with Crippen molar-refractivity contribution >= 4 is 35.9 Å². The number of hydrogen-bond donors (Lipinski definition) is 0. The van der Waals surface area contributed by atoms with Gasteiger partial charge in [0.1, 0.15) is 24.9 Å². The summed E-state index contributed by atoms with van der Waals surface area (Å²) in [6, 6.07) is -1.23. The molecule has 2 rings (SSSR count). The van der Waals surface area contributed by atoms with Crippen LogP contribution in [0.25, 0.3) is 0 Å². The summed E-state index contributed by atoms with van der Waals surface area (Å²) in [7, 11) is 1.12. The molecule has 0 N–H and O–H groups in total. The van der Waals surface area contributed by atoms with Crippen LogP contribution in [0.2, 0.25) is 0 Å². The van der Waals surface area contributed by atoms with Crippen LogP contribution in [0.5, 0.6) is 0 Å². The summed E-state index contributed by atoms with van der Waals surface area (Å²) in [6.45, 7) is 6.03. The number of fused-ring (bicyclic) bond motifs is 1. The highest BCUT2D eigenvalue weighted by atomic mass is 16.7. The minimum atomic E-state index is -2.13. The van der Waals surface area contributed by atoms with Crippen LogP contribution >= 0.6 is 0 Å². The van der Waals surface area contributed by atoms with Gasteiger partial charge in [-0.15, -0.1) is 0 Å². The number of unbranched alkanes of at least 4 members (excludes halogenated alkanes) is 5. The normalized spacial score (nSPS) is 24.9. The molecule has 41 heavy (non-hydrogen) atoms. The Bertz CT molecular complexity index is 969. The summed E-state index contributed by atoms with van der Waals surface area (Å²) in [5.41, 5.74) is 0. The first kappa shape index (κ1) is 33.9. The number of nitrogens with zero attached hydrogens (tertiary/aromatic N) is 1. The van der Waals surface area contributed by atoms with E-state index in [-0.39, 0.29) is 13.0 Å². The number of esters is 4. The Morgan fingerprint density at radius 2 is 1.59 bits per heavy atom. The summed E-state index contributed by atoms with van der Waals surface area (Å²) in [5.74, 6) is -6.17. The van der Waals surface area contributed by atoms with E-state index in [9.17, 15) is 28.8 Å². The molecule has 0 radical (unpaired) electrons. The maximum Gasteiger partial charge on any atom is 0.417 e. The van der Waals surface area contributed by atoms with Gasteiger partial charge in [0, 0.05) is 27.7 Å². The van der Waals surface area contributed by atoms with E-state index in [0.29, 0.717) is 6.42 Å². The molecule has 14 heteroatoms. The smallest absolute Gasteiger partial charge is 0.417 e. The lowest BCUT2D eigenvalue weighted by atomic mass is 9.88. The molecular formula is C27H41NO13. The molecule has 232 valence electrons. The van der Waals surface area contributed by atoms with Gasteiger partial charge in [0.25, 0.3) is 5.79 Å². The Balaban J connectivity index is 2.53. The zero-order valence-corrected chi connectivity index (χ0v) is 24.5. The summed E-state index contributed by atoms with van der Waals surface area (Å²) in [5, 5.41) is 0. The quantitative estimate of drug-likeness (QED) is 0.155. The minimum Gasteiger partial charge on any atom is -0.465 e. The van der Waals surface area contributed by atoms with E-state index in [2.05, 4.69) is 6.92 Å². The molecule has 2 heterocycles. The van der Waals surface area contributed by atoms with E-state index in [1.165, 1.54) is 0 Å². The van der Waals surface area contributed by atoms with E-state index in [1.807, 2.05) is 0 Å². The molecule has 2 amide bonds. The van der Waals surface area contributed by atoms with Crippen LogP contribution < -0.4 is 0 Å².